The van der Waals surface area contributed by atoms with E-state index in [4.69, 9.17) is 5.11 Å². The number of fused-ring (bicyclic) bond motifs is 2. The molecule has 4 rings (SSSR count). The first-order chi connectivity index (χ1) is 12.5. The summed E-state index contributed by atoms with van der Waals surface area (Å²) < 4.78 is 0. The molecule has 2 N–H and O–H groups in total. The van der Waals surface area contributed by atoms with E-state index in [9.17, 15) is 15.1 Å². The van der Waals surface area contributed by atoms with Crippen LogP contribution in [0.15, 0.2) is 54.6 Å². The highest BCUT2D eigenvalue weighted by Gasteiger charge is 2.20. The number of carboxylic acids is 1. The molecule has 0 aliphatic carbocycles. The van der Waals surface area contributed by atoms with Crippen LogP contribution in [0.5, 0.6) is 5.75 Å². The maximum absolute atomic E-state index is 12.7. The normalized spacial score (nSPS) is 11.2. The van der Waals surface area contributed by atoms with Crippen LogP contribution in [0.3, 0.4) is 0 Å². The molecular formula is C19H15N3O4. The van der Waals surface area contributed by atoms with Crippen molar-refractivity contribution in [3.8, 4) is 11.4 Å². The average molecular weight is 349 g/mol. The van der Waals surface area contributed by atoms with Crippen molar-refractivity contribution in [1.82, 2.24) is 9.90 Å². The first kappa shape index (κ1) is 15.9. The summed E-state index contributed by atoms with van der Waals surface area (Å²) in [5.41, 5.74) is 1.81. The van der Waals surface area contributed by atoms with Gasteiger partial charge in [-0.25, -0.2) is 0 Å². The number of aromatic nitrogens is 3. The summed E-state index contributed by atoms with van der Waals surface area (Å²) in [6.07, 6.45) is 0.264. The Morgan fingerprint density at radius 3 is 2.58 bits per heavy atom. The van der Waals surface area contributed by atoms with Crippen LogP contribution in [-0.2, 0) is 11.2 Å². The molecule has 0 aliphatic heterocycles. The first-order valence-corrected chi connectivity index (χ1v) is 8.08. The lowest BCUT2D eigenvalue weighted by Crippen LogP contribution is -2.37. The predicted octanol–water partition coefficient (Wildman–Crippen LogP) is 2.53. The topological polar surface area (TPSA) is 102 Å². The van der Waals surface area contributed by atoms with Gasteiger partial charge in [0, 0.05) is 12.5 Å². The van der Waals surface area contributed by atoms with Crippen LogP contribution in [0, 0.1) is 5.21 Å². The molecule has 0 fully saturated rings. The first-order valence-electron chi connectivity index (χ1n) is 8.08. The molecule has 4 aromatic rings. The number of phenols is 1. The molecule has 1 heterocycles. The molecule has 7 nitrogen and oxygen atoms in total. The number of hydrogen-bond acceptors (Lipinski definition) is 4. The molecule has 26 heavy (non-hydrogen) atoms. The fraction of sp³-hybridized carbons (Fsp3) is 0.105. The number of carbonyl (C=O) groups is 1. The summed E-state index contributed by atoms with van der Waals surface area (Å²) in [6, 6.07) is 15.9. The lowest BCUT2D eigenvalue weighted by molar-refractivity contribution is -0.664. The number of rotatable bonds is 4. The summed E-state index contributed by atoms with van der Waals surface area (Å²) in [6.45, 7) is 0. The van der Waals surface area contributed by atoms with Crippen molar-refractivity contribution < 1.29 is 19.9 Å². The van der Waals surface area contributed by atoms with Crippen molar-refractivity contribution in [2.45, 2.75) is 12.8 Å². The number of phenolic OH excluding ortho intramolecular Hbond substituents is 1. The smallest absolute Gasteiger partial charge is 0.303 e. The van der Waals surface area contributed by atoms with Gasteiger partial charge in [0.1, 0.15) is 5.75 Å². The SMILES string of the molecule is O=C(O)CCc1ccc(O)c(-n2nc3cc4ccccc4cc3[n+]2[O-])c1. The van der Waals surface area contributed by atoms with Crippen LogP contribution in [-0.4, -0.2) is 26.1 Å². The third-order valence-corrected chi connectivity index (χ3v) is 4.31. The maximum Gasteiger partial charge on any atom is 0.303 e. The van der Waals surface area contributed by atoms with Crippen molar-refractivity contribution in [1.29, 1.82) is 0 Å². The Kier molecular flexibility index (Phi) is 3.69. The maximum atomic E-state index is 12.7. The quantitative estimate of drug-likeness (QED) is 0.435. The van der Waals surface area contributed by atoms with Crippen molar-refractivity contribution in [2.24, 2.45) is 0 Å². The molecule has 7 heteroatoms. The minimum atomic E-state index is -0.907. The van der Waals surface area contributed by atoms with Crippen LogP contribution in [0.4, 0.5) is 0 Å². The second-order valence-electron chi connectivity index (χ2n) is 6.07. The van der Waals surface area contributed by atoms with E-state index in [1.165, 1.54) is 6.07 Å². The van der Waals surface area contributed by atoms with E-state index < -0.39 is 5.97 Å². The van der Waals surface area contributed by atoms with Gasteiger partial charge in [0.2, 0.25) is 5.52 Å². The van der Waals surface area contributed by atoms with Crippen molar-refractivity contribution in [3.05, 3.63) is 65.4 Å². The highest BCUT2D eigenvalue weighted by Crippen LogP contribution is 2.25. The van der Waals surface area contributed by atoms with Crippen LogP contribution in [0.2, 0.25) is 0 Å². The fourth-order valence-electron chi connectivity index (χ4n) is 2.98. The molecule has 0 bridgehead atoms. The van der Waals surface area contributed by atoms with Gasteiger partial charge in [-0.3, -0.25) is 4.79 Å². The zero-order valence-corrected chi connectivity index (χ0v) is 13.7. The van der Waals surface area contributed by atoms with E-state index in [0.717, 1.165) is 15.6 Å². The second-order valence-corrected chi connectivity index (χ2v) is 6.07. The molecule has 0 saturated heterocycles. The van der Waals surface area contributed by atoms with Gasteiger partial charge >= 0.3 is 5.97 Å². The summed E-state index contributed by atoms with van der Waals surface area (Å²) in [7, 11) is 0. The highest BCUT2D eigenvalue weighted by atomic mass is 16.5. The zero-order chi connectivity index (χ0) is 18.3. The largest absolute Gasteiger partial charge is 0.692 e. The minimum Gasteiger partial charge on any atom is -0.692 e. The number of aliphatic carboxylic acids is 1. The summed E-state index contributed by atoms with van der Waals surface area (Å²) in [4.78, 5) is 12.5. The number of aryl methyl sites for hydroxylation is 1. The van der Waals surface area contributed by atoms with Crippen LogP contribution in [0.25, 0.3) is 27.5 Å². The average Bonchev–Trinajstić information content (AvgIpc) is 2.95. The molecule has 0 unspecified atom stereocenters. The predicted molar refractivity (Wildman–Crippen MR) is 95.2 cm³/mol. The van der Waals surface area contributed by atoms with Crippen LogP contribution < -0.4 is 4.85 Å². The number of nitrogens with zero attached hydrogens (tertiary/aromatic N) is 3. The second kappa shape index (κ2) is 6.03. The Morgan fingerprint density at radius 1 is 1.12 bits per heavy atom. The fourth-order valence-corrected chi connectivity index (χ4v) is 2.98. The van der Waals surface area contributed by atoms with Gasteiger partial charge in [-0.15, -0.1) is 4.85 Å². The third-order valence-electron chi connectivity index (χ3n) is 4.31. The van der Waals surface area contributed by atoms with Crippen molar-refractivity contribution >= 4 is 27.8 Å². The van der Waals surface area contributed by atoms with Gasteiger partial charge < -0.3 is 15.4 Å². The van der Waals surface area contributed by atoms with E-state index in [2.05, 4.69) is 5.10 Å². The van der Waals surface area contributed by atoms with E-state index in [1.54, 1.807) is 18.2 Å². The standard InChI is InChI=1S/C19H15N3O4/c23-18-7-5-12(6-8-19(24)25)9-17(18)21-20-15-10-13-3-1-2-4-14(13)11-16(15)22(21)26/h1-5,7,9-11,23H,6,8H2,(H,24,25). The monoisotopic (exact) mass is 349 g/mol. The number of benzene rings is 3. The molecular weight excluding hydrogens is 334 g/mol. The van der Waals surface area contributed by atoms with Gasteiger partial charge in [-0.1, -0.05) is 30.3 Å². The third kappa shape index (κ3) is 2.69. The minimum absolute atomic E-state index is 0.0337. The Morgan fingerprint density at radius 2 is 1.85 bits per heavy atom. The molecule has 0 aliphatic rings. The Balaban J connectivity index is 1.85. The van der Waals surface area contributed by atoms with E-state index in [0.29, 0.717) is 27.9 Å². The molecule has 0 saturated carbocycles. The Bertz CT molecular complexity index is 1150. The van der Waals surface area contributed by atoms with Crippen molar-refractivity contribution in [3.63, 3.8) is 0 Å². The lowest BCUT2D eigenvalue weighted by Gasteiger charge is -2.07. The molecule has 3 aromatic carbocycles. The van der Waals surface area contributed by atoms with Gasteiger partial charge in [-0.05, 0) is 45.8 Å². The zero-order valence-electron chi connectivity index (χ0n) is 13.7. The molecule has 0 radical (unpaired) electrons. The van der Waals surface area contributed by atoms with Gasteiger partial charge in [0.25, 0.3) is 5.52 Å². The van der Waals surface area contributed by atoms with E-state index in [1.807, 2.05) is 30.3 Å². The van der Waals surface area contributed by atoms with Gasteiger partial charge in [0.15, 0.2) is 5.69 Å². The van der Waals surface area contributed by atoms with Gasteiger partial charge in [0.05, 0.1) is 5.10 Å². The van der Waals surface area contributed by atoms with Gasteiger partial charge in [-0.2, -0.15) is 0 Å². The molecule has 0 amide bonds. The molecule has 1 aromatic heterocycles. The number of aromatic hydroxyl groups is 1. The molecule has 0 spiro atoms. The van der Waals surface area contributed by atoms with Crippen molar-refractivity contribution in [2.75, 3.05) is 0 Å². The van der Waals surface area contributed by atoms with Crippen LogP contribution in [0.1, 0.15) is 12.0 Å². The Labute approximate surface area is 147 Å². The summed E-state index contributed by atoms with van der Waals surface area (Å²) in [5.74, 6) is -1.01. The van der Waals surface area contributed by atoms with E-state index >= 15 is 0 Å². The number of carboxylic acid groups (broad SMARTS) is 1. The number of hydrogen-bond donors (Lipinski definition) is 2. The summed E-state index contributed by atoms with van der Waals surface area (Å²) in [5, 5.41) is 37.9. The highest BCUT2D eigenvalue weighted by molar-refractivity contribution is 5.93. The molecule has 0 atom stereocenters. The Hall–Kier alpha value is -3.61. The molecule has 130 valence electrons. The van der Waals surface area contributed by atoms with Crippen LogP contribution >= 0.6 is 0 Å². The summed E-state index contributed by atoms with van der Waals surface area (Å²) >= 11 is 0. The lowest BCUT2D eigenvalue weighted by atomic mass is 10.1. The van der Waals surface area contributed by atoms with E-state index in [-0.39, 0.29) is 17.9 Å².